The van der Waals surface area contributed by atoms with Gasteiger partial charge in [0, 0.05) is 5.56 Å². The molecule has 0 unspecified atom stereocenters. The van der Waals surface area contributed by atoms with Gasteiger partial charge in [-0.05, 0) is 24.8 Å². The van der Waals surface area contributed by atoms with Crippen LogP contribution in [0.4, 0.5) is 0 Å². The molecule has 0 aliphatic heterocycles. The van der Waals surface area contributed by atoms with E-state index < -0.39 is 11.4 Å². The second-order valence-electron chi connectivity index (χ2n) is 5.15. The Morgan fingerprint density at radius 3 is 2.67 bits per heavy atom. The van der Waals surface area contributed by atoms with Crippen LogP contribution in [0.2, 0.25) is 0 Å². The monoisotopic (exact) mass is 248 g/mol. The summed E-state index contributed by atoms with van der Waals surface area (Å²) in [5.41, 5.74) is 0.0965. The van der Waals surface area contributed by atoms with E-state index in [1.165, 1.54) is 0 Å². The lowest BCUT2D eigenvalue weighted by atomic mass is 9.57. The molecule has 0 bridgehead atoms. The average molecular weight is 248 g/mol. The molecule has 98 valence electrons. The van der Waals surface area contributed by atoms with Crippen LogP contribution < -0.4 is 4.74 Å². The van der Waals surface area contributed by atoms with Crippen molar-refractivity contribution in [3.63, 3.8) is 0 Å². The van der Waals surface area contributed by atoms with E-state index in [0.717, 1.165) is 31.2 Å². The van der Waals surface area contributed by atoms with E-state index in [1.54, 1.807) is 7.11 Å². The van der Waals surface area contributed by atoms with Gasteiger partial charge in [0.2, 0.25) is 0 Å². The lowest BCUT2D eigenvalue weighted by Crippen LogP contribution is -2.48. The Morgan fingerprint density at radius 1 is 1.44 bits per heavy atom. The van der Waals surface area contributed by atoms with E-state index in [9.17, 15) is 9.90 Å². The van der Waals surface area contributed by atoms with Gasteiger partial charge in [-0.1, -0.05) is 38.0 Å². The van der Waals surface area contributed by atoms with Crippen molar-refractivity contribution in [1.29, 1.82) is 0 Å². The molecule has 1 saturated carbocycles. The van der Waals surface area contributed by atoms with Crippen molar-refractivity contribution in [3.8, 4) is 5.75 Å². The number of hydrogen-bond donors (Lipinski definition) is 1. The molecule has 1 fully saturated rings. The first-order valence-electron chi connectivity index (χ1n) is 6.51. The zero-order valence-electron chi connectivity index (χ0n) is 11.0. The van der Waals surface area contributed by atoms with E-state index in [1.807, 2.05) is 24.3 Å². The molecule has 1 aromatic carbocycles. The largest absolute Gasteiger partial charge is 0.496 e. The van der Waals surface area contributed by atoms with Gasteiger partial charge in [0.25, 0.3) is 0 Å². The number of para-hydroxylation sites is 1. The van der Waals surface area contributed by atoms with Gasteiger partial charge in [0.15, 0.2) is 0 Å². The fourth-order valence-corrected chi connectivity index (χ4v) is 3.09. The highest BCUT2D eigenvalue weighted by Crippen LogP contribution is 2.52. The number of carbonyl (C=O) groups is 1. The first kappa shape index (κ1) is 12.9. The number of hydrogen-bond acceptors (Lipinski definition) is 2. The maximum absolute atomic E-state index is 11.7. The number of carboxylic acids is 1. The summed E-state index contributed by atoms with van der Waals surface area (Å²) < 4.78 is 5.31. The van der Waals surface area contributed by atoms with Crippen molar-refractivity contribution in [2.24, 2.45) is 5.92 Å². The standard InChI is InChI=1S/C15H20O3/c1-3-6-11-9-15(10-11,14(16)17)12-7-4-5-8-13(12)18-2/h4-5,7-8,11H,3,6,9-10H2,1-2H3,(H,16,17). The first-order valence-corrected chi connectivity index (χ1v) is 6.51. The lowest BCUT2D eigenvalue weighted by Gasteiger charge is -2.45. The second kappa shape index (κ2) is 5.01. The molecule has 0 spiro atoms. The molecule has 18 heavy (non-hydrogen) atoms. The van der Waals surface area contributed by atoms with E-state index >= 15 is 0 Å². The summed E-state index contributed by atoms with van der Waals surface area (Å²) in [6, 6.07) is 7.48. The number of methoxy groups -OCH3 is 1. The van der Waals surface area contributed by atoms with Crippen LogP contribution >= 0.6 is 0 Å². The Bertz CT molecular complexity index is 433. The summed E-state index contributed by atoms with van der Waals surface area (Å²) in [6.07, 6.45) is 3.70. The molecule has 1 N–H and O–H groups in total. The van der Waals surface area contributed by atoms with Crippen LogP contribution in [0, 0.1) is 5.92 Å². The van der Waals surface area contributed by atoms with E-state index in [2.05, 4.69) is 6.92 Å². The van der Waals surface area contributed by atoms with Crippen LogP contribution in [0.25, 0.3) is 0 Å². The van der Waals surface area contributed by atoms with Gasteiger partial charge in [-0.15, -0.1) is 0 Å². The molecule has 0 heterocycles. The molecule has 2 rings (SSSR count). The minimum atomic E-state index is -0.730. The van der Waals surface area contributed by atoms with Gasteiger partial charge in [0.1, 0.15) is 5.75 Å². The van der Waals surface area contributed by atoms with Crippen molar-refractivity contribution >= 4 is 5.97 Å². The fourth-order valence-electron chi connectivity index (χ4n) is 3.09. The van der Waals surface area contributed by atoms with Gasteiger partial charge in [-0.3, -0.25) is 4.79 Å². The summed E-state index contributed by atoms with van der Waals surface area (Å²) in [4.78, 5) is 11.7. The van der Waals surface area contributed by atoms with Crippen LogP contribution in [0.3, 0.4) is 0 Å². The summed E-state index contributed by atoms with van der Waals surface area (Å²) in [6.45, 7) is 2.14. The Hall–Kier alpha value is -1.51. The van der Waals surface area contributed by atoms with Gasteiger partial charge in [-0.2, -0.15) is 0 Å². The molecule has 1 aromatic rings. The van der Waals surface area contributed by atoms with Crippen LogP contribution in [-0.4, -0.2) is 18.2 Å². The quantitative estimate of drug-likeness (QED) is 0.870. The molecule has 0 amide bonds. The molecular formula is C15H20O3. The third-order valence-electron chi connectivity index (χ3n) is 4.00. The summed E-state index contributed by atoms with van der Waals surface area (Å²) in [5.74, 6) is 0.505. The molecule has 3 nitrogen and oxygen atoms in total. The van der Waals surface area contributed by atoms with E-state index in [-0.39, 0.29) is 0 Å². The summed E-state index contributed by atoms with van der Waals surface area (Å²) in [7, 11) is 1.59. The fraction of sp³-hybridized carbons (Fsp3) is 0.533. The molecule has 0 radical (unpaired) electrons. The number of carboxylic acid groups (broad SMARTS) is 1. The van der Waals surface area contributed by atoms with Gasteiger partial charge < -0.3 is 9.84 Å². The Labute approximate surface area is 108 Å². The Balaban J connectivity index is 2.30. The lowest BCUT2D eigenvalue weighted by molar-refractivity contribution is -0.150. The molecule has 3 heteroatoms. The van der Waals surface area contributed by atoms with Gasteiger partial charge in [0.05, 0.1) is 12.5 Å². The number of benzene rings is 1. The zero-order chi connectivity index (χ0) is 13.2. The predicted molar refractivity (Wildman–Crippen MR) is 69.9 cm³/mol. The van der Waals surface area contributed by atoms with Crippen molar-refractivity contribution < 1.29 is 14.6 Å². The normalized spacial score (nSPS) is 26.4. The number of aliphatic carboxylic acids is 1. The molecule has 1 aliphatic rings. The minimum Gasteiger partial charge on any atom is -0.496 e. The van der Waals surface area contributed by atoms with Crippen LogP contribution in [0.5, 0.6) is 5.75 Å². The van der Waals surface area contributed by atoms with Crippen molar-refractivity contribution in [3.05, 3.63) is 29.8 Å². The topological polar surface area (TPSA) is 46.5 Å². The van der Waals surface area contributed by atoms with Gasteiger partial charge in [-0.25, -0.2) is 0 Å². The highest BCUT2D eigenvalue weighted by atomic mass is 16.5. The third kappa shape index (κ3) is 1.98. The van der Waals surface area contributed by atoms with Crippen LogP contribution in [0.15, 0.2) is 24.3 Å². The predicted octanol–water partition coefficient (Wildman–Crippen LogP) is 3.23. The van der Waals surface area contributed by atoms with Crippen LogP contribution in [0.1, 0.15) is 38.2 Å². The Kier molecular flexibility index (Phi) is 3.60. The van der Waals surface area contributed by atoms with E-state index in [4.69, 9.17) is 4.74 Å². The van der Waals surface area contributed by atoms with Crippen molar-refractivity contribution in [1.82, 2.24) is 0 Å². The molecule has 1 aliphatic carbocycles. The smallest absolute Gasteiger partial charge is 0.314 e. The zero-order valence-corrected chi connectivity index (χ0v) is 11.0. The van der Waals surface area contributed by atoms with Crippen molar-refractivity contribution in [2.75, 3.05) is 7.11 Å². The maximum Gasteiger partial charge on any atom is 0.314 e. The highest BCUT2D eigenvalue weighted by Gasteiger charge is 2.52. The summed E-state index contributed by atoms with van der Waals surface area (Å²) >= 11 is 0. The Morgan fingerprint density at radius 2 is 2.11 bits per heavy atom. The molecule has 0 atom stereocenters. The van der Waals surface area contributed by atoms with E-state index in [0.29, 0.717) is 11.7 Å². The number of rotatable bonds is 5. The number of ether oxygens (including phenoxy) is 1. The highest BCUT2D eigenvalue weighted by molar-refractivity contribution is 5.84. The molecule has 0 aromatic heterocycles. The van der Waals surface area contributed by atoms with Gasteiger partial charge >= 0.3 is 5.97 Å². The summed E-state index contributed by atoms with van der Waals surface area (Å²) in [5, 5.41) is 9.59. The minimum absolute atomic E-state index is 0.538. The third-order valence-corrected chi connectivity index (χ3v) is 4.00. The molecule has 0 saturated heterocycles. The van der Waals surface area contributed by atoms with Crippen LogP contribution in [-0.2, 0) is 10.2 Å². The first-order chi connectivity index (χ1) is 8.64. The molecular weight excluding hydrogens is 228 g/mol. The average Bonchev–Trinajstić information content (AvgIpc) is 2.33. The SMILES string of the molecule is CCCC1CC(C(=O)O)(c2ccccc2OC)C1. The maximum atomic E-state index is 11.7. The van der Waals surface area contributed by atoms with Crippen molar-refractivity contribution in [2.45, 2.75) is 38.0 Å². The second-order valence-corrected chi connectivity index (χ2v) is 5.15.